The van der Waals surface area contributed by atoms with E-state index >= 15 is 0 Å². The highest BCUT2D eigenvalue weighted by atomic mass is 16.5. The summed E-state index contributed by atoms with van der Waals surface area (Å²) in [6.45, 7) is 2.86. The molecule has 2 aromatic carbocycles. The maximum Gasteiger partial charge on any atom is 0.220 e. The summed E-state index contributed by atoms with van der Waals surface area (Å²) in [5.41, 5.74) is 2.28. The minimum absolute atomic E-state index is 0.0150. The van der Waals surface area contributed by atoms with E-state index in [0.29, 0.717) is 13.2 Å². The molecule has 2 aromatic rings. The van der Waals surface area contributed by atoms with Crippen LogP contribution in [0.15, 0.2) is 60.7 Å². The normalized spacial score (nSPS) is 20.6. The third-order valence-corrected chi connectivity index (χ3v) is 3.92. The van der Waals surface area contributed by atoms with Gasteiger partial charge in [0.05, 0.1) is 12.6 Å². The third-order valence-electron chi connectivity index (χ3n) is 3.92. The van der Waals surface area contributed by atoms with Crippen molar-refractivity contribution in [3.05, 3.63) is 71.8 Å². The van der Waals surface area contributed by atoms with E-state index in [1.807, 2.05) is 53.4 Å². The van der Waals surface area contributed by atoms with Gasteiger partial charge in [-0.05, 0) is 11.1 Å². The Morgan fingerprint density at radius 1 is 1.10 bits per heavy atom. The minimum atomic E-state index is -0.0150. The summed E-state index contributed by atoms with van der Waals surface area (Å²) >= 11 is 0. The van der Waals surface area contributed by atoms with Gasteiger partial charge in [-0.15, -0.1) is 0 Å². The van der Waals surface area contributed by atoms with Crippen LogP contribution in [0.5, 0.6) is 0 Å². The number of hydrogen-bond donors (Lipinski definition) is 0. The summed E-state index contributed by atoms with van der Waals surface area (Å²) < 4.78 is 5.70. The van der Waals surface area contributed by atoms with E-state index in [9.17, 15) is 4.79 Å². The summed E-state index contributed by atoms with van der Waals surface area (Å²) in [5.74, 6) is 0.0908. The Bertz CT molecular complexity index is 597. The van der Waals surface area contributed by atoms with Gasteiger partial charge in [-0.1, -0.05) is 60.7 Å². The van der Waals surface area contributed by atoms with Crippen LogP contribution >= 0.6 is 0 Å². The first-order chi connectivity index (χ1) is 10.3. The van der Waals surface area contributed by atoms with Crippen molar-refractivity contribution < 1.29 is 9.53 Å². The molecule has 0 bridgehead atoms. The van der Waals surface area contributed by atoms with Crippen LogP contribution in [-0.4, -0.2) is 23.5 Å². The van der Waals surface area contributed by atoms with Gasteiger partial charge in [0.25, 0.3) is 0 Å². The molecule has 0 aliphatic carbocycles. The Balaban J connectivity index is 1.77. The largest absolute Gasteiger partial charge is 0.369 e. The lowest BCUT2D eigenvalue weighted by Crippen LogP contribution is -2.52. The van der Waals surface area contributed by atoms with Gasteiger partial charge < -0.3 is 9.64 Å². The fraction of sp³-hybridized carbons (Fsp3) is 0.278. The fourth-order valence-corrected chi connectivity index (χ4v) is 2.74. The molecule has 0 aromatic heterocycles. The zero-order chi connectivity index (χ0) is 14.7. The molecule has 1 heterocycles. The molecule has 21 heavy (non-hydrogen) atoms. The van der Waals surface area contributed by atoms with Crippen molar-refractivity contribution in [3.8, 4) is 0 Å². The Kier molecular flexibility index (Phi) is 4.02. The number of nitrogens with zero attached hydrogens (tertiary/aromatic N) is 1. The van der Waals surface area contributed by atoms with Gasteiger partial charge in [-0.25, -0.2) is 0 Å². The number of ether oxygens (including phenoxy) is 1. The number of amides is 1. The van der Waals surface area contributed by atoms with E-state index in [2.05, 4.69) is 12.1 Å². The molecule has 0 radical (unpaired) electrons. The van der Waals surface area contributed by atoms with Gasteiger partial charge in [0.1, 0.15) is 6.10 Å². The lowest BCUT2D eigenvalue weighted by molar-refractivity contribution is -0.163. The summed E-state index contributed by atoms with van der Waals surface area (Å²) in [5, 5.41) is 0. The summed E-state index contributed by atoms with van der Waals surface area (Å²) in [7, 11) is 0. The van der Waals surface area contributed by atoms with Gasteiger partial charge in [0, 0.05) is 13.5 Å². The highest BCUT2D eigenvalue weighted by Gasteiger charge is 2.39. The second-order valence-electron chi connectivity index (χ2n) is 5.36. The van der Waals surface area contributed by atoms with Crippen LogP contribution in [0, 0.1) is 0 Å². The fourth-order valence-electron chi connectivity index (χ4n) is 2.74. The van der Waals surface area contributed by atoms with E-state index in [0.717, 1.165) is 11.1 Å². The van der Waals surface area contributed by atoms with Crippen LogP contribution in [0.1, 0.15) is 24.2 Å². The van der Waals surface area contributed by atoms with Crippen molar-refractivity contribution in [2.24, 2.45) is 0 Å². The standard InChI is InChI=1S/C18H19NO2/c1-14(20)19(12-15-8-4-2-5-9-15)17-13-21-18(17)16-10-6-3-7-11-16/h2-11,17-18H,12-13H2,1H3/t17-,18-/m0/s1. The first kappa shape index (κ1) is 13.8. The Morgan fingerprint density at radius 2 is 1.71 bits per heavy atom. The molecule has 1 aliphatic heterocycles. The van der Waals surface area contributed by atoms with Crippen molar-refractivity contribution in [1.82, 2.24) is 4.90 Å². The molecule has 108 valence electrons. The molecule has 1 saturated heterocycles. The van der Waals surface area contributed by atoms with Gasteiger partial charge in [0.15, 0.2) is 0 Å². The van der Waals surface area contributed by atoms with E-state index in [1.165, 1.54) is 0 Å². The van der Waals surface area contributed by atoms with Crippen molar-refractivity contribution >= 4 is 5.91 Å². The Morgan fingerprint density at radius 3 is 2.24 bits per heavy atom. The average Bonchev–Trinajstić information content (AvgIpc) is 2.47. The molecule has 3 heteroatoms. The first-order valence-electron chi connectivity index (χ1n) is 7.23. The topological polar surface area (TPSA) is 29.5 Å². The highest BCUT2D eigenvalue weighted by Crippen LogP contribution is 2.34. The molecule has 3 rings (SSSR count). The molecule has 1 aliphatic rings. The van der Waals surface area contributed by atoms with E-state index in [1.54, 1.807) is 6.92 Å². The Labute approximate surface area is 125 Å². The van der Waals surface area contributed by atoms with Crippen molar-refractivity contribution in [2.75, 3.05) is 6.61 Å². The maximum atomic E-state index is 12.0. The van der Waals surface area contributed by atoms with Crippen molar-refractivity contribution in [3.63, 3.8) is 0 Å². The van der Waals surface area contributed by atoms with Gasteiger partial charge in [0.2, 0.25) is 5.91 Å². The second kappa shape index (κ2) is 6.10. The molecule has 0 unspecified atom stereocenters. The lowest BCUT2D eigenvalue weighted by Gasteiger charge is -2.44. The molecule has 0 saturated carbocycles. The van der Waals surface area contributed by atoms with Crippen LogP contribution in [-0.2, 0) is 16.1 Å². The molecular weight excluding hydrogens is 262 g/mol. The van der Waals surface area contributed by atoms with Gasteiger partial charge in [-0.3, -0.25) is 4.79 Å². The lowest BCUT2D eigenvalue weighted by atomic mass is 9.96. The van der Waals surface area contributed by atoms with E-state index in [-0.39, 0.29) is 18.1 Å². The van der Waals surface area contributed by atoms with Crippen LogP contribution < -0.4 is 0 Å². The number of carbonyl (C=O) groups is 1. The molecule has 2 atom stereocenters. The Hall–Kier alpha value is -2.13. The molecule has 0 N–H and O–H groups in total. The zero-order valence-corrected chi connectivity index (χ0v) is 12.1. The van der Waals surface area contributed by atoms with Crippen LogP contribution in [0.2, 0.25) is 0 Å². The average molecular weight is 281 g/mol. The monoisotopic (exact) mass is 281 g/mol. The number of benzene rings is 2. The minimum Gasteiger partial charge on any atom is -0.369 e. The van der Waals surface area contributed by atoms with E-state index in [4.69, 9.17) is 4.74 Å². The SMILES string of the molecule is CC(=O)N(Cc1ccccc1)[C@H]1CO[C@H]1c1ccccc1. The number of carbonyl (C=O) groups excluding carboxylic acids is 1. The molecule has 1 amide bonds. The summed E-state index contributed by atoms with van der Waals surface area (Å²) in [6.07, 6.45) is -0.0150. The second-order valence-corrected chi connectivity index (χ2v) is 5.36. The van der Waals surface area contributed by atoms with Crippen LogP contribution in [0.25, 0.3) is 0 Å². The van der Waals surface area contributed by atoms with Gasteiger partial charge >= 0.3 is 0 Å². The predicted molar refractivity (Wildman–Crippen MR) is 81.6 cm³/mol. The van der Waals surface area contributed by atoms with E-state index < -0.39 is 0 Å². The maximum absolute atomic E-state index is 12.0. The van der Waals surface area contributed by atoms with Crippen molar-refractivity contribution in [1.29, 1.82) is 0 Å². The predicted octanol–water partition coefficient (Wildman–Crippen LogP) is 3.18. The zero-order valence-electron chi connectivity index (χ0n) is 12.1. The molecule has 3 nitrogen and oxygen atoms in total. The summed E-state index contributed by atoms with van der Waals surface area (Å²) in [6, 6.07) is 20.3. The van der Waals surface area contributed by atoms with Crippen LogP contribution in [0.3, 0.4) is 0 Å². The number of hydrogen-bond acceptors (Lipinski definition) is 2. The molecule has 0 spiro atoms. The first-order valence-corrected chi connectivity index (χ1v) is 7.23. The smallest absolute Gasteiger partial charge is 0.220 e. The number of rotatable bonds is 4. The third kappa shape index (κ3) is 2.98. The highest BCUT2D eigenvalue weighted by molar-refractivity contribution is 5.74. The molecule has 1 fully saturated rings. The quantitative estimate of drug-likeness (QED) is 0.861. The van der Waals surface area contributed by atoms with Crippen LogP contribution in [0.4, 0.5) is 0 Å². The summed E-state index contributed by atoms with van der Waals surface area (Å²) in [4.78, 5) is 13.9. The van der Waals surface area contributed by atoms with Crippen molar-refractivity contribution in [2.45, 2.75) is 25.6 Å². The molecular formula is C18H19NO2. The van der Waals surface area contributed by atoms with Gasteiger partial charge in [-0.2, -0.15) is 0 Å².